The molecule has 0 radical (unpaired) electrons. The Morgan fingerprint density at radius 1 is 1.47 bits per heavy atom. The highest BCUT2D eigenvalue weighted by atomic mass is 19.4. The lowest BCUT2D eigenvalue weighted by Crippen LogP contribution is -2.15. The van der Waals surface area contributed by atoms with Gasteiger partial charge in [-0.15, -0.1) is 0 Å². The third kappa shape index (κ3) is 4.25. The van der Waals surface area contributed by atoms with E-state index in [-0.39, 0.29) is 23.7 Å². The van der Waals surface area contributed by atoms with Crippen molar-refractivity contribution >= 4 is 11.5 Å². The number of anilines is 1. The molecule has 0 saturated heterocycles. The third-order valence-corrected chi connectivity index (χ3v) is 1.97. The summed E-state index contributed by atoms with van der Waals surface area (Å²) in [5.41, 5.74) is -0.00150. The lowest BCUT2D eigenvalue weighted by atomic mass is 10.3. The molecule has 1 heterocycles. The predicted octanol–water partition coefficient (Wildman–Crippen LogP) is 2.66. The molecule has 1 rings (SSSR count). The van der Waals surface area contributed by atoms with Gasteiger partial charge in [0.1, 0.15) is 11.5 Å². The smallest absolute Gasteiger partial charge is 0.370 e. The van der Waals surface area contributed by atoms with Gasteiger partial charge < -0.3 is 5.32 Å². The first-order valence-electron chi connectivity index (χ1n) is 4.72. The summed E-state index contributed by atoms with van der Waals surface area (Å²) in [4.78, 5) is 13.7. The Morgan fingerprint density at radius 2 is 2.12 bits per heavy atom. The number of rotatable bonds is 4. The van der Waals surface area contributed by atoms with Gasteiger partial charge in [0.25, 0.3) is 5.69 Å². The van der Waals surface area contributed by atoms with Crippen LogP contribution in [0.5, 0.6) is 0 Å². The summed E-state index contributed by atoms with van der Waals surface area (Å²) in [6.07, 6.45) is -5.21. The number of halogens is 3. The van der Waals surface area contributed by atoms with E-state index >= 15 is 0 Å². The van der Waals surface area contributed by atoms with Gasteiger partial charge in [-0.1, -0.05) is 0 Å². The molecule has 1 N–H and O–H groups in total. The van der Waals surface area contributed by atoms with Crippen LogP contribution in [0.15, 0.2) is 12.1 Å². The van der Waals surface area contributed by atoms with Crippen LogP contribution >= 0.6 is 0 Å². The molecule has 5 nitrogen and oxygen atoms in total. The minimum absolute atomic E-state index is 0.159. The van der Waals surface area contributed by atoms with E-state index in [1.165, 1.54) is 19.1 Å². The number of hydrogen-bond donors (Lipinski definition) is 1. The maximum atomic E-state index is 11.9. The van der Waals surface area contributed by atoms with E-state index in [1.807, 2.05) is 0 Å². The SMILES string of the molecule is Cc1nc(NCCC(F)(F)F)ccc1[N+](=O)[O-]. The van der Waals surface area contributed by atoms with Gasteiger partial charge in [-0.25, -0.2) is 4.98 Å². The average Bonchev–Trinajstić information content (AvgIpc) is 2.15. The van der Waals surface area contributed by atoms with Crippen molar-refractivity contribution in [2.24, 2.45) is 0 Å². The van der Waals surface area contributed by atoms with Crippen LogP contribution in [0.4, 0.5) is 24.7 Å². The number of hydrogen-bond acceptors (Lipinski definition) is 4. The van der Waals surface area contributed by atoms with Gasteiger partial charge in [-0.3, -0.25) is 10.1 Å². The van der Waals surface area contributed by atoms with Crippen LogP contribution < -0.4 is 5.32 Å². The Labute approximate surface area is 94.8 Å². The minimum Gasteiger partial charge on any atom is -0.370 e. The Kier molecular flexibility index (Phi) is 3.87. The fraction of sp³-hybridized carbons (Fsp3) is 0.444. The van der Waals surface area contributed by atoms with E-state index in [9.17, 15) is 23.3 Å². The average molecular weight is 249 g/mol. The third-order valence-electron chi connectivity index (χ3n) is 1.97. The van der Waals surface area contributed by atoms with Crippen LogP contribution in [0, 0.1) is 17.0 Å². The lowest BCUT2D eigenvalue weighted by molar-refractivity contribution is -0.385. The summed E-state index contributed by atoms with van der Waals surface area (Å²) in [5, 5.41) is 12.9. The number of aryl methyl sites for hydroxylation is 1. The van der Waals surface area contributed by atoms with Crippen LogP contribution in [0.3, 0.4) is 0 Å². The molecule has 0 aromatic carbocycles. The minimum atomic E-state index is -4.23. The Morgan fingerprint density at radius 3 is 2.59 bits per heavy atom. The number of aromatic nitrogens is 1. The van der Waals surface area contributed by atoms with Crippen molar-refractivity contribution in [3.8, 4) is 0 Å². The van der Waals surface area contributed by atoms with E-state index in [0.29, 0.717) is 0 Å². The molecule has 0 aliphatic heterocycles. The van der Waals surface area contributed by atoms with Gasteiger partial charge in [-0.05, 0) is 13.0 Å². The van der Waals surface area contributed by atoms with Crippen LogP contribution in [-0.2, 0) is 0 Å². The monoisotopic (exact) mass is 249 g/mol. The van der Waals surface area contributed by atoms with Crippen molar-refractivity contribution < 1.29 is 18.1 Å². The molecular weight excluding hydrogens is 239 g/mol. The second-order valence-corrected chi connectivity index (χ2v) is 3.35. The number of nitrogens with zero attached hydrogens (tertiary/aromatic N) is 2. The zero-order valence-electron chi connectivity index (χ0n) is 8.91. The van der Waals surface area contributed by atoms with Gasteiger partial charge >= 0.3 is 6.18 Å². The molecule has 0 spiro atoms. The lowest BCUT2D eigenvalue weighted by Gasteiger charge is -2.08. The molecule has 0 aliphatic rings. The summed E-state index contributed by atoms with van der Waals surface area (Å²) < 4.78 is 35.6. The van der Waals surface area contributed by atoms with Crippen LogP contribution in [0.1, 0.15) is 12.1 Å². The fourth-order valence-electron chi connectivity index (χ4n) is 1.18. The van der Waals surface area contributed by atoms with Crippen molar-refractivity contribution in [3.63, 3.8) is 0 Å². The molecule has 0 bridgehead atoms. The number of pyridine rings is 1. The second kappa shape index (κ2) is 4.98. The van der Waals surface area contributed by atoms with E-state index in [1.54, 1.807) is 0 Å². The molecule has 0 fully saturated rings. The van der Waals surface area contributed by atoms with Crippen LogP contribution in [-0.4, -0.2) is 22.6 Å². The number of nitrogens with one attached hydrogen (secondary N) is 1. The van der Waals surface area contributed by atoms with Gasteiger partial charge in [0.2, 0.25) is 0 Å². The topological polar surface area (TPSA) is 68.1 Å². The van der Waals surface area contributed by atoms with Gasteiger partial charge in [-0.2, -0.15) is 13.2 Å². The molecule has 94 valence electrons. The van der Waals surface area contributed by atoms with E-state index in [0.717, 1.165) is 0 Å². The molecular formula is C9H10F3N3O2. The van der Waals surface area contributed by atoms with E-state index in [4.69, 9.17) is 0 Å². The van der Waals surface area contributed by atoms with Crippen molar-refractivity contribution in [1.82, 2.24) is 4.98 Å². The zero-order valence-corrected chi connectivity index (χ0v) is 8.91. The summed E-state index contributed by atoms with van der Waals surface area (Å²) >= 11 is 0. The maximum absolute atomic E-state index is 11.9. The highest BCUT2D eigenvalue weighted by molar-refractivity contribution is 5.44. The summed E-state index contributed by atoms with van der Waals surface area (Å²) in [6, 6.07) is 2.49. The van der Waals surface area contributed by atoms with Crippen LogP contribution in [0.2, 0.25) is 0 Å². The Hall–Kier alpha value is -1.86. The molecule has 1 aromatic rings. The van der Waals surface area contributed by atoms with Crippen molar-refractivity contribution in [3.05, 3.63) is 27.9 Å². The Balaban J connectivity index is 2.62. The summed E-state index contributed by atoms with van der Waals surface area (Å²) in [7, 11) is 0. The molecule has 0 saturated carbocycles. The number of alkyl halides is 3. The van der Waals surface area contributed by atoms with E-state index < -0.39 is 17.5 Å². The predicted molar refractivity (Wildman–Crippen MR) is 54.8 cm³/mol. The molecule has 8 heteroatoms. The maximum Gasteiger partial charge on any atom is 0.390 e. The highest BCUT2D eigenvalue weighted by Gasteiger charge is 2.26. The quantitative estimate of drug-likeness (QED) is 0.658. The standard InChI is InChI=1S/C9H10F3N3O2/c1-6-7(15(16)17)2-3-8(14-6)13-5-4-9(10,11)12/h2-3H,4-5H2,1H3,(H,13,14). The molecule has 0 aliphatic carbocycles. The van der Waals surface area contributed by atoms with Crippen molar-refractivity contribution in [2.75, 3.05) is 11.9 Å². The number of nitro groups is 1. The van der Waals surface area contributed by atoms with Crippen molar-refractivity contribution in [2.45, 2.75) is 19.5 Å². The molecule has 1 aromatic heterocycles. The zero-order chi connectivity index (χ0) is 13.1. The van der Waals surface area contributed by atoms with Gasteiger partial charge in [0.05, 0.1) is 11.3 Å². The first kappa shape index (κ1) is 13.2. The molecule has 0 unspecified atom stereocenters. The fourth-order valence-corrected chi connectivity index (χ4v) is 1.18. The Bertz CT molecular complexity index is 420. The molecule has 17 heavy (non-hydrogen) atoms. The largest absolute Gasteiger partial charge is 0.390 e. The molecule has 0 atom stereocenters. The first-order valence-corrected chi connectivity index (χ1v) is 4.72. The normalized spacial score (nSPS) is 11.3. The summed E-state index contributed by atoms with van der Waals surface area (Å²) in [5.74, 6) is 0.192. The summed E-state index contributed by atoms with van der Waals surface area (Å²) in [6.45, 7) is 1.11. The first-order chi connectivity index (χ1) is 7.79. The highest BCUT2D eigenvalue weighted by Crippen LogP contribution is 2.20. The van der Waals surface area contributed by atoms with Gasteiger partial charge in [0.15, 0.2) is 0 Å². The van der Waals surface area contributed by atoms with Gasteiger partial charge in [0, 0.05) is 12.6 Å². The van der Waals surface area contributed by atoms with E-state index in [2.05, 4.69) is 10.3 Å². The van der Waals surface area contributed by atoms with Crippen molar-refractivity contribution in [1.29, 1.82) is 0 Å². The van der Waals surface area contributed by atoms with Crippen LogP contribution in [0.25, 0.3) is 0 Å². The molecule has 0 amide bonds. The second-order valence-electron chi connectivity index (χ2n) is 3.35.